The van der Waals surface area contributed by atoms with Gasteiger partial charge in [0.05, 0.1) is 24.9 Å². The zero-order chi connectivity index (χ0) is 21.7. The molecule has 3 N–H and O–H groups in total. The molecule has 7 nitrogen and oxygen atoms in total. The minimum absolute atomic E-state index is 0.0335. The van der Waals surface area contributed by atoms with Crippen LogP contribution in [0.25, 0.3) is 0 Å². The molecule has 0 aromatic carbocycles. The van der Waals surface area contributed by atoms with Crippen molar-refractivity contribution < 1.29 is 29.2 Å². The van der Waals surface area contributed by atoms with Crippen molar-refractivity contribution in [3.05, 3.63) is 11.6 Å². The number of aliphatic hydroxyl groups is 2. The van der Waals surface area contributed by atoms with E-state index in [0.717, 1.165) is 12.8 Å². The lowest BCUT2D eigenvalue weighted by Gasteiger charge is -2.58. The summed E-state index contributed by atoms with van der Waals surface area (Å²) >= 11 is 0. The number of nitrogens with one attached hydrogen (secondary N) is 1. The fraction of sp³-hybridized carbons (Fsp3) is 0.870. The second kappa shape index (κ2) is 7.85. The van der Waals surface area contributed by atoms with Crippen LogP contribution in [-0.4, -0.2) is 72.5 Å². The Kier molecular flexibility index (Phi) is 5.81. The molecule has 2 bridgehead atoms. The van der Waals surface area contributed by atoms with Gasteiger partial charge in [0.25, 0.3) is 0 Å². The van der Waals surface area contributed by atoms with Gasteiger partial charge in [0.15, 0.2) is 0 Å². The molecule has 3 fully saturated rings. The van der Waals surface area contributed by atoms with Crippen molar-refractivity contribution in [1.29, 1.82) is 0 Å². The van der Waals surface area contributed by atoms with E-state index in [1.54, 1.807) is 0 Å². The average molecular weight is 424 g/mol. The van der Waals surface area contributed by atoms with Gasteiger partial charge in [-0.1, -0.05) is 32.4 Å². The Morgan fingerprint density at radius 1 is 1.47 bits per heavy atom. The number of fused-ring (bicyclic) bond motifs is 2. The summed E-state index contributed by atoms with van der Waals surface area (Å²) in [5.74, 6) is -0.344. The Morgan fingerprint density at radius 2 is 2.20 bits per heavy atom. The normalized spacial score (nSPS) is 43.7. The number of ether oxygens (including phenoxy) is 3. The maximum absolute atomic E-state index is 13.1. The summed E-state index contributed by atoms with van der Waals surface area (Å²) in [4.78, 5) is 13.1. The van der Waals surface area contributed by atoms with E-state index >= 15 is 0 Å². The standard InChI is InChI=1S/C23H37NO6/c1-5-24-19(15(3)7-9-25)20(27)28-12-22-8-6-14(2)10-17(22)30-18-11-16(26)21(22,4)23(18)13-29-23/h10,15-19,24-26H,5-9,11-13H2,1-4H3/t15-,16-,17?,18-,19-,21-,22-,23+/m1/s1. The maximum atomic E-state index is 13.1. The molecule has 0 aromatic rings. The molecule has 2 heterocycles. The molecule has 2 saturated heterocycles. The smallest absolute Gasteiger partial charge is 0.323 e. The van der Waals surface area contributed by atoms with Crippen molar-refractivity contribution in [2.24, 2.45) is 16.7 Å². The Labute approximate surface area is 179 Å². The highest BCUT2D eigenvalue weighted by atomic mass is 16.6. The van der Waals surface area contributed by atoms with Crippen molar-refractivity contribution in [2.45, 2.75) is 83.3 Å². The van der Waals surface area contributed by atoms with Crippen LogP contribution in [0.5, 0.6) is 0 Å². The lowest BCUT2D eigenvalue weighted by atomic mass is 9.51. The van der Waals surface area contributed by atoms with E-state index in [4.69, 9.17) is 14.2 Å². The monoisotopic (exact) mass is 423 g/mol. The number of carbonyl (C=O) groups is 1. The number of carbonyl (C=O) groups excluding carboxylic acids is 1. The first-order valence-corrected chi connectivity index (χ1v) is 11.4. The van der Waals surface area contributed by atoms with Crippen molar-refractivity contribution in [2.75, 3.05) is 26.4 Å². The Hall–Kier alpha value is -0.990. The summed E-state index contributed by atoms with van der Waals surface area (Å²) in [6.07, 6.45) is 4.05. The number of likely N-dealkylation sites (N-methyl/N-ethyl adjacent to an activating group) is 1. The molecule has 2 aliphatic carbocycles. The molecule has 0 amide bonds. The Morgan fingerprint density at radius 3 is 2.83 bits per heavy atom. The number of aliphatic hydroxyl groups excluding tert-OH is 2. The maximum Gasteiger partial charge on any atom is 0.323 e. The van der Waals surface area contributed by atoms with Crippen molar-refractivity contribution in [3.8, 4) is 0 Å². The molecule has 7 heteroatoms. The van der Waals surface area contributed by atoms with E-state index < -0.39 is 28.6 Å². The molecule has 4 aliphatic rings. The number of esters is 1. The van der Waals surface area contributed by atoms with Crippen LogP contribution >= 0.6 is 0 Å². The predicted molar refractivity (Wildman–Crippen MR) is 111 cm³/mol. The van der Waals surface area contributed by atoms with E-state index in [1.807, 2.05) is 13.8 Å². The van der Waals surface area contributed by atoms with Gasteiger partial charge >= 0.3 is 5.97 Å². The first kappa shape index (κ1) is 22.2. The second-order valence-electron chi connectivity index (χ2n) is 9.98. The molecule has 1 unspecified atom stereocenters. The number of hydrogen-bond acceptors (Lipinski definition) is 7. The first-order chi connectivity index (χ1) is 14.3. The zero-order valence-corrected chi connectivity index (χ0v) is 18.6. The van der Waals surface area contributed by atoms with Gasteiger partial charge < -0.3 is 29.7 Å². The summed E-state index contributed by atoms with van der Waals surface area (Å²) in [7, 11) is 0. The quantitative estimate of drug-likeness (QED) is 0.309. The van der Waals surface area contributed by atoms with Crippen molar-refractivity contribution in [1.82, 2.24) is 5.32 Å². The molecule has 1 saturated carbocycles. The summed E-state index contributed by atoms with van der Waals surface area (Å²) in [5, 5.41) is 23.7. The molecular weight excluding hydrogens is 386 g/mol. The number of allylic oxidation sites excluding steroid dienone is 1. The minimum atomic E-state index is -0.557. The molecule has 30 heavy (non-hydrogen) atoms. The summed E-state index contributed by atoms with van der Waals surface area (Å²) in [6, 6.07) is -0.470. The molecule has 0 aromatic heterocycles. The van der Waals surface area contributed by atoms with Gasteiger partial charge in [-0.05, 0) is 38.6 Å². The summed E-state index contributed by atoms with van der Waals surface area (Å²) in [6.45, 7) is 9.57. The third-order valence-corrected chi connectivity index (χ3v) is 8.55. The fourth-order valence-corrected chi connectivity index (χ4v) is 6.39. The lowest BCUT2D eigenvalue weighted by Crippen LogP contribution is -2.66. The van der Waals surface area contributed by atoms with Gasteiger partial charge in [0.1, 0.15) is 18.2 Å². The second-order valence-corrected chi connectivity index (χ2v) is 9.98. The zero-order valence-electron chi connectivity index (χ0n) is 18.6. The SMILES string of the molecule is CCN[C@@H](C(=O)OC[C@]12CCC(C)=CC1O[C@@H]1C[C@@H](O)[C@@]2(C)[C@]12CO2)[C@H](C)CCO. The molecule has 1 spiro atoms. The van der Waals surface area contributed by atoms with Crippen LogP contribution in [0.1, 0.15) is 53.4 Å². The predicted octanol–water partition coefficient (Wildman–Crippen LogP) is 1.56. The molecule has 0 radical (unpaired) electrons. The summed E-state index contributed by atoms with van der Waals surface area (Å²) < 4.78 is 18.5. The van der Waals surface area contributed by atoms with Crippen LogP contribution in [0.15, 0.2) is 11.6 Å². The molecule has 2 aliphatic heterocycles. The number of epoxide rings is 1. The van der Waals surface area contributed by atoms with Crippen molar-refractivity contribution in [3.63, 3.8) is 0 Å². The molecule has 8 atom stereocenters. The summed E-state index contributed by atoms with van der Waals surface area (Å²) in [5.41, 5.74) is -0.258. The van der Waals surface area contributed by atoms with Crippen molar-refractivity contribution >= 4 is 5.97 Å². The Balaban J connectivity index is 1.61. The van der Waals surface area contributed by atoms with Crippen LogP contribution in [0.4, 0.5) is 0 Å². The van der Waals surface area contributed by atoms with E-state index in [0.29, 0.717) is 26.0 Å². The highest BCUT2D eigenvalue weighted by Gasteiger charge is 2.82. The van der Waals surface area contributed by atoms with Gasteiger partial charge in [0.2, 0.25) is 0 Å². The van der Waals surface area contributed by atoms with Crippen LogP contribution in [0.3, 0.4) is 0 Å². The van der Waals surface area contributed by atoms with Crippen LogP contribution in [0, 0.1) is 16.7 Å². The molecule has 170 valence electrons. The van der Waals surface area contributed by atoms with Gasteiger partial charge in [-0.3, -0.25) is 4.79 Å². The number of rotatable bonds is 8. The van der Waals surface area contributed by atoms with Crippen LogP contribution < -0.4 is 5.32 Å². The third-order valence-electron chi connectivity index (χ3n) is 8.55. The van der Waals surface area contributed by atoms with E-state index in [-0.39, 0.29) is 37.3 Å². The number of hydrogen-bond donors (Lipinski definition) is 3. The van der Waals surface area contributed by atoms with Crippen LogP contribution in [0.2, 0.25) is 0 Å². The van der Waals surface area contributed by atoms with E-state index in [9.17, 15) is 15.0 Å². The third kappa shape index (κ3) is 3.00. The minimum Gasteiger partial charge on any atom is -0.464 e. The topological polar surface area (TPSA) is 101 Å². The van der Waals surface area contributed by atoms with Crippen LogP contribution in [-0.2, 0) is 19.0 Å². The van der Waals surface area contributed by atoms with E-state index in [1.165, 1.54) is 5.57 Å². The molecule has 4 rings (SSSR count). The van der Waals surface area contributed by atoms with Gasteiger partial charge in [-0.25, -0.2) is 0 Å². The first-order valence-electron chi connectivity index (χ1n) is 11.4. The van der Waals surface area contributed by atoms with Gasteiger partial charge in [0, 0.05) is 23.9 Å². The lowest BCUT2D eigenvalue weighted by molar-refractivity contribution is -0.230. The van der Waals surface area contributed by atoms with Gasteiger partial charge in [-0.2, -0.15) is 0 Å². The average Bonchev–Trinajstić information content (AvgIpc) is 3.49. The highest BCUT2D eigenvalue weighted by Crippen LogP contribution is 2.71. The van der Waals surface area contributed by atoms with E-state index in [2.05, 4.69) is 25.2 Å². The molecular formula is C23H37NO6. The highest BCUT2D eigenvalue weighted by molar-refractivity contribution is 5.76. The van der Waals surface area contributed by atoms with Gasteiger partial charge in [-0.15, -0.1) is 0 Å². The largest absolute Gasteiger partial charge is 0.464 e. The fourth-order valence-electron chi connectivity index (χ4n) is 6.39. The Bertz CT molecular complexity index is 706.